The van der Waals surface area contributed by atoms with E-state index in [1.165, 1.54) is 6.07 Å². The van der Waals surface area contributed by atoms with E-state index in [1.807, 2.05) is 0 Å². The molecule has 3 rings (SSSR count). The lowest BCUT2D eigenvalue weighted by molar-refractivity contribution is 0.0622. The Morgan fingerprint density at radius 1 is 1.19 bits per heavy atom. The number of aliphatic hydroxyl groups excluding tert-OH is 1. The van der Waals surface area contributed by atoms with Crippen LogP contribution in [0.15, 0.2) is 42.5 Å². The van der Waals surface area contributed by atoms with E-state index in [0.29, 0.717) is 35.5 Å². The van der Waals surface area contributed by atoms with E-state index in [-0.39, 0.29) is 12.4 Å². The zero-order valence-corrected chi connectivity index (χ0v) is 15.5. The van der Waals surface area contributed by atoms with E-state index in [9.17, 15) is 9.50 Å². The summed E-state index contributed by atoms with van der Waals surface area (Å²) in [5.74, 6) is 1.10. The number of benzene rings is 2. The van der Waals surface area contributed by atoms with E-state index < -0.39 is 6.10 Å². The molecule has 0 aliphatic heterocycles. The van der Waals surface area contributed by atoms with Crippen molar-refractivity contribution in [2.75, 3.05) is 20.3 Å². The van der Waals surface area contributed by atoms with E-state index in [2.05, 4.69) is 4.90 Å². The maximum Gasteiger partial charge on any atom is 0.129 e. The molecule has 1 unspecified atom stereocenters. The SMILES string of the molecule is COc1ccc(OCC(O)CN(Cc2c(F)cccc2Cl)C2CC2)cc1. The number of hydrogen-bond donors (Lipinski definition) is 1. The predicted molar refractivity (Wildman–Crippen MR) is 99.3 cm³/mol. The van der Waals surface area contributed by atoms with Crippen LogP contribution in [0.5, 0.6) is 11.5 Å². The van der Waals surface area contributed by atoms with Gasteiger partial charge in [0.15, 0.2) is 0 Å². The Morgan fingerprint density at radius 3 is 2.50 bits per heavy atom. The first-order chi connectivity index (χ1) is 12.6. The molecule has 0 spiro atoms. The van der Waals surface area contributed by atoms with Crippen LogP contribution in [0.3, 0.4) is 0 Å². The van der Waals surface area contributed by atoms with Crippen molar-refractivity contribution in [1.29, 1.82) is 0 Å². The highest BCUT2D eigenvalue weighted by Crippen LogP contribution is 2.30. The third-order valence-corrected chi connectivity index (χ3v) is 4.79. The first-order valence-corrected chi connectivity index (χ1v) is 9.06. The molecule has 26 heavy (non-hydrogen) atoms. The van der Waals surface area contributed by atoms with Crippen molar-refractivity contribution in [3.8, 4) is 11.5 Å². The van der Waals surface area contributed by atoms with Crippen LogP contribution in [0.4, 0.5) is 4.39 Å². The summed E-state index contributed by atoms with van der Waals surface area (Å²) >= 11 is 6.14. The maximum atomic E-state index is 14.1. The van der Waals surface area contributed by atoms with Gasteiger partial charge in [0.25, 0.3) is 0 Å². The number of rotatable bonds is 9. The van der Waals surface area contributed by atoms with Gasteiger partial charge in [0.1, 0.15) is 30.0 Å². The molecule has 1 aliphatic rings. The molecule has 1 fully saturated rings. The first kappa shape index (κ1) is 19.0. The van der Waals surface area contributed by atoms with Gasteiger partial charge < -0.3 is 14.6 Å². The number of halogens is 2. The third kappa shape index (κ3) is 5.10. The van der Waals surface area contributed by atoms with Crippen molar-refractivity contribution in [2.45, 2.75) is 31.5 Å². The highest BCUT2D eigenvalue weighted by atomic mass is 35.5. The maximum absolute atomic E-state index is 14.1. The predicted octanol–water partition coefficient (Wildman–Crippen LogP) is 3.89. The summed E-state index contributed by atoms with van der Waals surface area (Å²) in [6.45, 7) is 0.960. The molecule has 0 aromatic heterocycles. The van der Waals surface area contributed by atoms with Gasteiger partial charge in [0.2, 0.25) is 0 Å². The molecule has 0 heterocycles. The second kappa shape index (κ2) is 8.71. The summed E-state index contributed by atoms with van der Waals surface area (Å²) in [5.41, 5.74) is 0.476. The second-order valence-corrected chi connectivity index (χ2v) is 6.91. The van der Waals surface area contributed by atoms with Crippen LogP contribution in [0.2, 0.25) is 5.02 Å². The van der Waals surface area contributed by atoms with Crippen LogP contribution in [-0.2, 0) is 6.54 Å². The monoisotopic (exact) mass is 379 g/mol. The van der Waals surface area contributed by atoms with Crippen molar-refractivity contribution in [2.24, 2.45) is 0 Å². The van der Waals surface area contributed by atoms with Crippen molar-refractivity contribution < 1.29 is 19.0 Å². The van der Waals surface area contributed by atoms with E-state index in [1.54, 1.807) is 43.5 Å². The van der Waals surface area contributed by atoms with Crippen LogP contribution in [0.1, 0.15) is 18.4 Å². The molecule has 140 valence electrons. The van der Waals surface area contributed by atoms with Crippen LogP contribution in [-0.4, -0.2) is 42.4 Å². The zero-order valence-electron chi connectivity index (χ0n) is 14.7. The molecule has 0 bridgehead atoms. The molecule has 2 aromatic rings. The number of hydrogen-bond acceptors (Lipinski definition) is 4. The van der Waals surface area contributed by atoms with Gasteiger partial charge in [-0.1, -0.05) is 17.7 Å². The van der Waals surface area contributed by atoms with E-state index in [4.69, 9.17) is 21.1 Å². The lowest BCUT2D eigenvalue weighted by Crippen LogP contribution is -2.37. The Kier molecular flexibility index (Phi) is 6.35. The molecular formula is C20H23ClFNO3. The Morgan fingerprint density at radius 2 is 1.88 bits per heavy atom. The average molecular weight is 380 g/mol. The summed E-state index contributed by atoms with van der Waals surface area (Å²) in [6.07, 6.45) is 1.43. The Bertz CT molecular complexity index is 701. The van der Waals surface area contributed by atoms with Gasteiger partial charge in [0, 0.05) is 29.7 Å². The van der Waals surface area contributed by atoms with Crippen LogP contribution >= 0.6 is 11.6 Å². The van der Waals surface area contributed by atoms with Gasteiger partial charge in [-0.05, 0) is 49.2 Å². The highest BCUT2D eigenvalue weighted by Gasteiger charge is 2.31. The largest absolute Gasteiger partial charge is 0.497 e. The highest BCUT2D eigenvalue weighted by molar-refractivity contribution is 6.31. The van der Waals surface area contributed by atoms with Gasteiger partial charge in [-0.25, -0.2) is 4.39 Å². The van der Waals surface area contributed by atoms with Crippen LogP contribution < -0.4 is 9.47 Å². The molecule has 0 radical (unpaired) electrons. The second-order valence-electron chi connectivity index (χ2n) is 6.50. The summed E-state index contributed by atoms with van der Waals surface area (Å²) in [4.78, 5) is 2.08. The van der Waals surface area contributed by atoms with Crippen LogP contribution in [0, 0.1) is 5.82 Å². The quantitative estimate of drug-likeness (QED) is 0.717. The Balaban J connectivity index is 1.55. The minimum absolute atomic E-state index is 0.167. The minimum Gasteiger partial charge on any atom is -0.497 e. The minimum atomic E-state index is -0.678. The average Bonchev–Trinajstić information content (AvgIpc) is 3.48. The van der Waals surface area contributed by atoms with Gasteiger partial charge in [-0.2, -0.15) is 0 Å². The summed E-state index contributed by atoms with van der Waals surface area (Å²) in [6, 6.07) is 12.3. The number of nitrogens with zero attached hydrogens (tertiary/aromatic N) is 1. The fourth-order valence-electron chi connectivity index (χ4n) is 2.86. The molecule has 1 saturated carbocycles. The van der Waals surface area contributed by atoms with Crippen molar-refractivity contribution >= 4 is 11.6 Å². The molecule has 6 heteroatoms. The van der Waals surface area contributed by atoms with Gasteiger partial charge >= 0.3 is 0 Å². The number of methoxy groups -OCH3 is 1. The zero-order chi connectivity index (χ0) is 18.5. The molecule has 2 aromatic carbocycles. The molecule has 1 atom stereocenters. The third-order valence-electron chi connectivity index (χ3n) is 4.43. The van der Waals surface area contributed by atoms with Gasteiger partial charge in [-0.15, -0.1) is 0 Å². The van der Waals surface area contributed by atoms with Crippen molar-refractivity contribution in [3.63, 3.8) is 0 Å². The Hall–Kier alpha value is -1.82. The lowest BCUT2D eigenvalue weighted by Gasteiger charge is -2.25. The Labute approximate surface area is 158 Å². The standard InChI is InChI=1S/C20H23ClFNO3/c1-25-16-7-9-17(10-8-16)26-13-15(24)11-23(14-5-6-14)12-18-19(21)3-2-4-20(18)22/h2-4,7-10,14-15,24H,5-6,11-13H2,1H3. The molecule has 4 nitrogen and oxygen atoms in total. The molecular weight excluding hydrogens is 357 g/mol. The first-order valence-electron chi connectivity index (χ1n) is 8.68. The smallest absolute Gasteiger partial charge is 0.129 e. The number of ether oxygens (including phenoxy) is 2. The van der Waals surface area contributed by atoms with E-state index in [0.717, 1.165) is 18.6 Å². The normalized spacial score (nSPS) is 15.1. The fourth-order valence-corrected chi connectivity index (χ4v) is 3.08. The van der Waals surface area contributed by atoms with Crippen molar-refractivity contribution in [1.82, 2.24) is 4.90 Å². The number of aliphatic hydroxyl groups is 1. The van der Waals surface area contributed by atoms with Gasteiger partial charge in [0.05, 0.1) is 7.11 Å². The van der Waals surface area contributed by atoms with Crippen molar-refractivity contribution in [3.05, 3.63) is 58.9 Å². The van der Waals surface area contributed by atoms with Gasteiger partial charge in [-0.3, -0.25) is 4.90 Å². The lowest BCUT2D eigenvalue weighted by atomic mass is 10.2. The topological polar surface area (TPSA) is 41.9 Å². The van der Waals surface area contributed by atoms with E-state index >= 15 is 0 Å². The molecule has 0 amide bonds. The van der Waals surface area contributed by atoms with Crippen LogP contribution in [0.25, 0.3) is 0 Å². The summed E-state index contributed by atoms with van der Waals surface area (Å²) in [5, 5.41) is 10.8. The fraction of sp³-hybridized carbons (Fsp3) is 0.400. The summed E-state index contributed by atoms with van der Waals surface area (Å²) < 4.78 is 24.8. The molecule has 1 N–H and O–H groups in total. The summed E-state index contributed by atoms with van der Waals surface area (Å²) in [7, 11) is 1.61. The molecule has 0 saturated heterocycles. The molecule has 1 aliphatic carbocycles.